The Bertz CT molecular complexity index is 457. The third-order valence-corrected chi connectivity index (χ3v) is 3.40. The number of ether oxygens (including phenoxy) is 1. The molecule has 112 valence electrons. The molecular formula is C14H22N2O3S. The number of rotatable bonds is 8. The van der Waals surface area contributed by atoms with Gasteiger partial charge in [0.15, 0.2) is 10.9 Å². The molecule has 1 aromatic heterocycles. The maximum Gasteiger partial charge on any atom is 0.228 e. The molecule has 0 radical (unpaired) electrons. The van der Waals surface area contributed by atoms with Gasteiger partial charge in [-0.3, -0.25) is 9.59 Å². The SMILES string of the molecule is CC(=O)c1csc(NC(=O)CCO[C@@H](C)CC(C)C)n1. The Hall–Kier alpha value is -1.27. The molecule has 0 fully saturated rings. The van der Waals surface area contributed by atoms with Gasteiger partial charge in [0.2, 0.25) is 5.91 Å². The zero-order chi connectivity index (χ0) is 15.1. The lowest BCUT2D eigenvalue weighted by Gasteiger charge is -2.14. The highest BCUT2D eigenvalue weighted by atomic mass is 32.1. The predicted octanol–water partition coefficient (Wildman–Crippen LogP) is 3.13. The molecule has 1 rings (SSSR count). The van der Waals surface area contributed by atoms with Crippen LogP contribution in [0.2, 0.25) is 0 Å². The summed E-state index contributed by atoms with van der Waals surface area (Å²) in [5.74, 6) is 0.331. The molecule has 20 heavy (non-hydrogen) atoms. The number of amides is 1. The van der Waals surface area contributed by atoms with Gasteiger partial charge in [-0.15, -0.1) is 11.3 Å². The van der Waals surface area contributed by atoms with E-state index in [1.807, 2.05) is 6.92 Å². The highest BCUT2D eigenvalue weighted by Crippen LogP contribution is 2.16. The molecule has 1 heterocycles. The predicted molar refractivity (Wildman–Crippen MR) is 80.2 cm³/mol. The largest absolute Gasteiger partial charge is 0.378 e. The van der Waals surface area contributed by atoms with Crippen LogP contribution in [-0.2, 0) is 9.53 Å². The molecule has 0 unspecified atom stereocenters. The summed E-state index contributed by atoms with van der Waals surface area (Å²) in [5, 5.41) is 4.76. The van der Waals surface area contributed by atoms with Gasteiger partial charge in [0.05, 0.1) is 19.1 Å². The summed E-state index contributed by atoms with van der Waals surface area (Å²) in [4.78, 5) is 26.8. The average Bonchev–Trinajstić information content (AvgIpc) is 2.76. The van der Waals surface area contributed by atoms with Crippen molar-refractivity contribution in [3.8, 4) is 0 Å². The Morgan fingerprint density at radius 1 is 1.40 bits per heavy atom. The number of nitrogens with zero attached hydrogens (tertiary/aromatic N) is 1. The van der Waals surface area contributed by atoms with Gasteiger partial charge in [-0.2, -0.15) is 0 Å². The van der Waals surface area contributed by atoms with E-state index in [9.17, 15) is 9.59 Å². The standard InChI is InChI=1S/C14H22N2O3S/c1-9(2)7-10(3)19-6-5-13(18)16-14-15-12(8-20-14)11(4)17/h8-10H,5-7H2,1-4H3,(H,15,16,18)/t10-/m0/s1. The molecule has 0 saturated carbocycles. The highest BCUT2D eigenvalue weighted by molar-refractivity contribution is 7.14. The summed E-state index contributed by atoms with van der Waals surface area (Å²) in [6.45, 7) is 8.14. The molecule has 1 N–H and O–H groups in total. The van der Waals surface area contributed by atoms with Crippen LogP contribution in [0.15, 0.2) is 5.38 Å². The zero-order valence-electron chi connectivity index (χ0n) is 12.4. The summed E-state index contributed by atoms with van der Waals surface area (Å²) in [6, 6.07) is 0. The van der Waals surface area contributed by atoms with E-state index in [0.717, 1.165) is 6.42 Å². The number of hydrogen-bond donors (Lipinski definition) is 1. The number of nitrogens with one attached hydrogen (secondary N) is 1. The summed E-state index contributed by atoms with van der Waals surface area (Å²) < 4.78 is 5.57. The minimum atomic E-state index is -0.147. The van der Waals surface area contributed by atoms with Gasteiger partial charge in [0.25, 0.3) is 0 Å². The fourth-order valence-corrected chi connectivity index (χ4v) is 2.53. The molecular weight excluding hydrogens is 276 g/mol. The first-order valence-corrected chi connectivity index (χ1v) is 7.64. The second-order valence-corrected chi connectivity index (χ2v) is 6.06. The van der Waals surface area contributed by atoms with Gasteiger partial charge in [-0.1, -0.05) is 13.8 Å². The quantitative estimate of drug-likeness (QED) is 0.749. The number of hydrogen-bond acceptors (Lipinski definition) is 5. The number of Topliss-reactive ketones (excluding diaryl/α,β-unsaturated/α-hetero) is 1. The van der Waals surface area contributed by atoms with Gasteiger partial charge < -0.3 is 10.1 Å². The molecule has 5 nitrogen and oxygen atoms in total. The van der Waals surface area contributed by atoms with Crippen LogP contribution in [0.5, 0.6) is 0 Å². The molecule has 0 aliphatic heterocycles. The van der Waals surface area contributed by atoms with Crippen molar-refractivity contribution in [2.75, 3.05) is 11.9 Å². The number of carbonyl (C=O) groups excluding carboxylic acids is 2. The van der Waals surface area contributed by atoms with E-state index < -0.39 is 0 Å². The molecule has 1 aromatic rings. The van der Waals surface area contributed by atoms with Crippen LogP contribution in [0.4, 0.5) is 5.13 Å². The molecule has 0 bridgehead atoms. The number of thiazole rings is 1. The third-order valence-electron chi connectivity index (χ3n) is 2.65. The van der Waals surface area contributed by atoms with E-state index in [1.165, 1.54) is 18.3 Å². The van der Waals surface area contributed by atoms with E-state index in [-0.39, 0.29) is 24.2 Å². The second-order valence-electron chi connectivity index (χ2n) is 5.20. The van der Waals surface area contributed by atoms with E-state index in [0.29, 0.717) is 23.4 Å². The fraction of sp³-hybridized carbons (Fsp3) is 0.643. The van der Waals surface area contributed by atoms with Gasteiger partial charge in [-0.05, 0) is 19.3 Å². The maximum absolute atomic E-state index is 11.7. The van der Waals surface area contributed by atoms with Crippen molar-refractivity contribution in [3.63, 3.8) is 0 Å². The van der Waals surface area contributed by atoms with Crippen LogP contribution in [0.25, 0.3) is 0 Å². The summed E-state index contributed by atoms with van der Waals surface area (Å²) in [7, 11) is 0. The van der Waals surface area contributed by atoms with Crippen LogP contribution < -0.4 is 5.32 Å². The van der Waals surface area contributed by atoms with E-state index in [2.05, 4.69) is 24.1 Å². The highest BCUT2D eigenvalue weighted by Gasteiger charge is 2.10. The third kappa shape index (κ3) is 6.25. The molecule has 1 amide bonds. The van der Waals surface area contributed by atoms with Crippen molar-refractivity contribution in [2.45, 2.75) is 46.6 Å². The monoisotopic (exact) mass is 298 g/mol. The molecule has 0 aromatic carbocycles. The van der Waals surface area contributed by atoms with Crippen LogP contribution in [0.3, 0.4) is 0 Å². The van der Waals surface area contributed by atoms with Crippen LogP contribution in [0.1, 0.15) is 51.0 Å². The lowest BCUT2D eigenvalue weighted by Crippen LogP contribution is -2.18. The number of ketones is 1. The molecule has 0 aliphatic carbocycles. The van der Waals surface area contributed by atoms with Gasteiger partial charge in [-0.25, -0.2) is 4.98 Å². The number of carbonyl (C=O) groups is 2. The lowest BCUT2D eigenvalue weighted by atomic mass is 10.1. The Morgan fingerprint density at radius 2 is 2.10 bits per heavy atom. The topological polar surface area (TPSA) is 68.3 Å². The van der Waals surface area contributed by atoms with Crippen molar-refractivity contribution in [3.05, 3.63) is 11.1 Å². The Balaban J connectivity index is 2.27. The molecule has 0 spiro atoms. The summed E-state index contributed by atoms with van der Waals surface area (Å²) in [6.07, 6.45) is 1.43. The van der Waals surface area contributed by atoms with E-state index in [4.69, 9.17) is 4.74 Å². The van der Waals surface area contributed by atoms with Crippen molar-refractivity contribution in [1.82, 2.24) is 4.98 Å². The number of aromatic nitrogens is 1. The molecule has 0 saturated heterocycles. The first kappa shape index (κ1) is 16.8. The molecule has 0 aliphatic rings. The normalized spacial score (nSPS) is 12.4. The Kier molecular flexibility index (Phi) is 6.81. The zero-order valence-corrected chi connectivity index (χ0v) is 13.3. The summed E-state index contributed by atoms with van der Waals surface area (Å²) >= 11 is 1.25. The van der Waals surface area contributed by atoms with E-state index in [1.54, 1.807) is 5.38 Å². The van der Waals surface area contributed by atoms with Crippen molar-refractivity contribution < 1.29 is 14.3 Å². The van der Waals surface area contributed by atoms with Crippen molar-refractivity contribution in [2.24, 2.45) is 5.92 Å². The smallest absolute Gasteiger partial charge is 0.228 e. The van der Waals surface area contributed by atoms with Crippen molar-refractivity contribution in [1.29, 1.82) is 0 Å². The maximum atomic E-state index is 11.7. The second kappa shape index (κ2) is 8.11. The first-order chi connectivity index (χ1) is 9.38. The van der Waals surface area contributed by atoms with Gasteiger partial charge in [0, 0.05) is 12.3 Å². The fourth-order valence-electron chi connectivity index (χ4n) is 1.76. The van der Waals surface area contributed by atoms with Crippen LogP contribution in [-0.4, -0.2) is 29.4 Å². The minimum absolute atomic E-state index is 0.104. The van der Waals surface area contributed by atoms with Gasteiger partial charge >= 0.3 is 0 Å². The van der Waals surface area contributed by atoms with E-state index >= 15 is 0 Å². The Labute approximate surface area is 123 Å². The molecule has 6 heteroatoms. The van der Waals surface area contributed by atoms with Crippen LogP contribution >= 0.6 is 11.3 Å². The Morgan fingerprint density at radius 3 is 2.65 bits per heavy atom. The van der Waals surface area contributed by atoms with Crippen LogP contribution in [0, 0.1) is 5.92 Å². The van der Waals surface area contributed by atoms with Gasteiger partial charge in [0.1, 0.15) is 5.69 Å². The molecule has 1 atom stereocenters. The lowest BCUT2D eigenvalue weighted by molar-refractivity contribution is -0.117. The van der Waals surface area contributed by atoms with Crippen molar-refractivity contribution >= 4 is 28.2 Å². The summed E-state index contributed by atoms with van der Waals surface area (Å²) in [5.41, 5.74) is 0.382. The average molecular weight is 298 g/mol. The first-order valence-electron chi connectivity index (χ1n) is 6.76. The minimum Gasteiger partial charge on any atom is -0.378 e. The number of anilines is 1.